The van der Waals surface area contributed by atoms with Crippen LogP contribution in [0.4, 0.5) is 0 Å². The lowest BCUT2D eigenvalue weighted by molar-refractivity contribution is -0.141. The average Bonchev–Trinajstić information content (AvgIpc) is 2.87. The first kappa shape index (κ1) is 17.1. The lowest BCUT2D eigenvalue weighted by Gasteiger charge is -2.09. The predicted octanol–water partition coefficient (Wildman–Crippen LogP) is 4.76. The zero-order chi connectivity index (χ0) is 17.3. The van der Waals surface area contributed by atoms with Gasteiger partial charge in [-0.1, -0.05) is 53.0 Å². The molecule has 1 aromatic heterocycles. The standard InChI is InChI=1S/C17H13Cl3N2O2/c1-24-17(23)9-22-15-8-13(20)12(19)7-14(15)21-16(22)6-10-4-2-3-5-11(10)18/h2-5,7-8H,6,9H2,1H3. The first-order chi connectivity index (χ1) is 11.5. The number of carbonyl (C=O) groups is 1. The number of imidazole rings is 1. The summed E-state index contributed by atoms with van der Waals surface area (Å²) in [6, 6.07) is 10.9. The maximum atomic E-state index is 11.8. The minimum Gasteiger partial charge on any atom is -0.468 e. The van der Waals surface area contributed by atoms with E-state index in [2.05, 4.69) is 4.98 Å². The Kier molecular flexibility index (Phi) is 4.99. The number of hydrogen-bond acceptors (Lipinski definition) is 3. The SMILES string of the molecule is COC(=O)Cn1c(Cc2ccccc2Cl)nc2cc(Cl)c(Cl)cc21. The summed E-state index contributed by atoms with van der Waals surface area (Å²) in [5.74, 6) is 0.308. The number of fused-ring (bicyclic) bond motifs is 1. The van der Waals surface area contributed by atoms with Gasteiger partial charge in [-0.15, -0.1) is 0 Å². The summed E-state index contributed by atoms with van der Waals surface area (Å²) in [5, 5.41) is 1.46. The third-order valence-corrected chi connectivity index (χ3v) is 4.78. The van der Waals surface area contributed by atoms with Gasteiger partial charge >= 0.3 is 5.97 Å². The van der Waals surface area contributed by atoms with E-state index >= 15 is 0 Å². The second-order valence-corrected chi connectivity index (χ2v) is 6.44. The van der Waals surface area contributed by atoms with Crippen LogP contribution < -0.4 is 0 Å². The normalized spacial score (nSPS) is 11.0. The number of esters is 1. The Balaban J connectivity index is 2.13. The van der Waals surface area contributed by atoms with Crippen LogP contribution in [0.25, 0.3) is 11.0 Å². The van der Waals surface area contributed by atoms with Crippen LogP contribution in [0.5, 0.6) is 0 Å². The summed E-state index contributed by atoms with van der Waals surface area (Å²) in [7, 11) is 1.35. The summed E-state index contributed by atoms with van der Waals surface area (Å²) >= 11 is 18.4. The smallest absolute Gasteiger partial charge is 0.325 e. The van der Waals surface area contributed by atoms with Crippen LogP contribution in [0.3, 0.4) is 0 Å². The van der Waals surface area contributed by atoms with E-state index in [1.54, 1.807) is 16.7 Å². The highest BCUT2D eigenvalue weighted by molar-refractivity contribution is 6.42. The molecule has 3 aromatic rings. The number of halogens is 3. The van der Waals surface area contributed by atoms with Crippen molar-refractivity contribution in [1.29, 1.82) is 0 Å². The highest BCUT2D eigenvalue weighted by Crippen LogP contribution is 2.29. The summed E-state index contributed by atoms with van der Waals surface area (Å²) in [4.78, 5) is 16.4. The molecule has 24 heavy (non-hydrogen) atoms. The van der Waals surface area contributed by atoms with Gasteiger partial charge in [-0.2, -0.15) is 0 Å². The number of ether oxygens (including phenoxy) is 1. The van der Waals surface area contributed by atoms with Crippen LogP contribution in [-0.2, 0) is 22.5 Å². The van der Waals surface area contributed by atoms with Gasteiger partial charge in [0.1, 0.15) is 12.4 Å². The minimum absolute atomic E-state index is 0.0325. The number of hydrogen-bond donors (Lipinski definition) is 0. The van der Waals surface area contributed by atoms with Gasteiger partial charge in [-0.25, -0.2) is 4.98 Å². The molecule has 7 heteroatoms. The topological polar surface area (TPSA) is 44.1 Å². The Bertz CT molecular complexity index is 922. The van der Waals surface area contributed by atoms with Gasteiger partial charge in [0.15, 0.2) is 0 Å². The number of rotatable bonds is 4. The van der Waals surface area contributed by atoms with Crippen LogP contribution in [0.2, 0.25) is 15.1 Å². The first-order valence-corrected chi connectivity index (χ1v) is 8.27. The highest BCUT2D eigenvalue weighted by atomic mass is 35.5. The third-order valence-electron chi connectivity index (χ3n) is 3.69. The van der Waals surface area contributed by atoms with Gasteiger partial charge in [-0.05, 0) is 23.8 Å². The van der Waals surface area contributed by atoms with E-state index < -0.39 is 0 Å². The Hall–Kier alpha value is -1.75. The number of benzene rings is 2. The second-order valence-electron chi connectivity index (χ2n) is 5.21. The third kappa shape index (κ3) is 3.36. The zero-order valence-corrected chi connectivity index (χ0v) is 15.0. The predicted molar refractivity (Wildman–Crippen MR) is 96.0 cm³/mol. The molecule has 0 aliphatic carbocycles. The summed E-state index contributed by atoms with van der Waals surface area (Å²) in [5.41, 5.74) is 2.30. The monoisotopic (exact) mass is 382 g/mol. The molecule has 0 aliphatic rings. The minimum atomic E-state index is -0.374. The summed E-state index contributed by atoms with van der Waals surface area (Å²) < 4.78 is 6.55. The molecule has 0 N–H and O–H groups in total. The number of carbonyl (C=O) groups excluding carboxylic acids is 1. The molecule has 0 fully saturated rings. The lowest BCUT2D eigenvalue weighted by Crippen LogP contribution is -2.14. The van der Waals surface area contributed by atoms with E-state index in [1.165, 1.54) is 7.11 Å². The van der Waals surface area contributed by atoms with Gasteiger partial charge < -0.3 is 9.30 Å². The molecule has 0 spiro atoms. The fourth-order valence-corrected chi connectivity index (χ4v) is 3.01. The Morgan fingerprint density at radius 3 is 2.54 bits per heavy atom. The van der Waals surface area contributed by atoms with E-state index in [0.717, 1.165) is 11.1 Å². The van der Waals surface area contributed by atoms with E-state index in [1.807, 2.05) is 24.3 Å². The van der Waals surface area contributed by atoms with Crippen molar-refractivity contribution in [2.24, 2.45) is 0 Å². The molecule has 3 rings (SSSR count). The molecule has 0 atom stereocenters. The van der Waals surface area contributed by atoms with E-state index in [4.69, 9.17) is 39.5 Å². The maximum Gasteiger partial charge on any atom is 0.325 e. The fourth-order valence-electron chi connectivity index (χ4n) is 2.49. The van der Waals surface area contributed by atoms with Crippen LogP contribution in [0, 0.1) is 0 Å². The van der Waals surface area contributed by atoms with Gasteiger partial charge in [0, 0.05) is 11.4 Å². The van der Waals surface area contributed by atoms with Crippen molar-refractivity contribution in [2.75, 3.05) is 7.11 Å². The zero-order valence-electron chi connectivity index (χ0n) is 12.7. The molecule has 1 heterocycles. The van der Waals surface area contributed by atoms with Gasteiger partial charge in [0.25, 0.3) is 0 Å². The molecule has 0 radical (unpaired) electrons. The fraction of sp³-hybridized carbons (Fsp3) is 0.176. The molecular formula is C17H13Cl3N2O2. The molecule has 0 aliphatic heterocycles. The van der Waals surface area contributed by atoms with Gasteiger partial charge in [0.05, 0.1) is 28.2 Å². The largest absolute Gasteiger partial charge is 0.468 e. The van der Waals surface area contributed by atoms with Crippen LogP contribution >= 0.6 is 34.8 Å². The van der Waals surface area contributed by atoms with Gasteiger partial charge in [0.2, 0.25) is 0 Å². The second kappa shape index (κ2) is 7.01. The quantitative estimate of drug-likeness (QED) is 0.610. The van der Waals surface area contributed by atoms with Crippen LogP contribution in [0.1, 0.15) is 11.4 Å². The van der Waals surface area contributed by atoms with Gasteiger partial charge in [-0.3, -0.25) is 4.79 Å². The molecule has 4 nitrogen and oxygen atoms in total. The van der Waals surface area contributed by atoms with Crippen molar-refractivity contribution in [1.82, 2.24) is 9.55 Å². The number of methoxy groups -OCH3 is 1. The number of aromatic nitrogens is 2. The summed E-state index contributed by atoms with van der Waals surface area (Å²) in [6.07, 6.45) is 0.473. The molecule has 0 saturated carbocycles. The average molecular weight is 384 g/mol. The molecule has 0 unspecified atom stereocenters. The first-order valence-electron chi connectivity index (χ1n) is 7.14. The Labute approximate surface area is 153 Å². The van der Waals surface area contributed by atoms with Crippen molar-refractivity contribution >= 4 is 51.8 Å². The van der Waals surface area contributed by atoms with Crippen LogP contribution in [-0.4, -0.2) is 22.6 Å². The molecule has 0 saturated heterocycles. The Morgan fingerprint density at radius 1 is 1.12 bits per heavy atom. The number of nitrogens with zero attached hydrogens (tertiary/aromatic N) is 2. The van der Waals surface area contributed by atoms with Crippen molar-refractivity contribution in [2.45, 2.75) is 13.0 Å². The lowest BCUT2D eigenvalue weighted by atomic mass is 10.1. The van der Waals surface area contributed by atoms with E-state index in [-0.39, 0.29) is 12.5 Å². The molecule has 0 bridgehead atoms. The molecule has 0 amide bonds. The molecule has 124 valence electrons. The van der Waals surface area contributed by atoms with Crippen LogP contribution in [0.15, 0.2) is 36.4 Å². The van der Waals surface area contributed by atoms with Crippen molar-refractivity contribution < 1.29 is 9.53 Å². The molecular weight excluding hydrogens is 371 g/mol. The van der Waals surface area contributed by atoms with Crippen molar-refractivity contribution in [3.05, 3.63) is 62.9 Å². The van der Waals surface area contributed by atoms with E-state index in [0.29, 0.717) is 32.8 Å². The van der Waals surface area contributed by atoms with Crippen molar-refractivity contribution in [3.63, 3.8) is 0 Å². The van der Waals surface area contributed by atoms with E-state index in [9.17, 15) is 4.79 Å². The maximum absolute atomic E-state index is 11.8. The highest BCUT2D eigenvalue weighted by Gasteiger charge is 2.17. The summed E-state index contributed by atoms with van der Waals surface area (Å²) in [6.45, 7) is 0.0325. The Morgan fingerprint density at radius 2 is 1.83 bits per heavy atom. The molecule has 2 aromatic carbocycles. The van der Waals surface area contributed by atoms with Crippen molar-refractivity contribution in [3.8, 4) is 0 Å².